The molecule has 0 bridgehead atoms. The van der Waals surface area contributed by atoms with Crippen LogP contribution in [0.2, 0.25) is 0 Å². The molecule has 1 amide bonds. The maximum atomic E-state index is 11.6. The van der Waals surface area contributed by atoms with Gasteiger partial charge in [-0.1, -0.05) is 27.7 Å². The molecule has 0 aromatic rings. The first-order chi connectivity index (χ1) is 7.88. The minimum atomic E-state index is -0.658. The molecule has 0 radical (unpaired) electrons. The highest BCUT2D eigenvalue weighted by atomic mass is 16.6. The van der Waals surface area contributed by atoms with Crippen molar-refractivity contribution < 1.29 is 19.1 Å². The Morgan fingerprint density at radius 2 is 1.71 bits per heavy atom. The van der Waals surface area contributed by atoms with Crippen LogP contribution in [0.1, 0.15) is 34.6 Å². The van der Waals surface area contributed by atoms with E-state index in [1.54, 1.807) is 6.92 Å². The number of hydrogen-bond acceptors (Lipinski definition) is 4. The lowest BCUT2D eigenvalue weighted by atomic mass is 10.1. The average molecular weight is 245 g/mol. The van der Waals surface area contributed by atoms with Crippen molar-refractivity contribution in [2.24, 2.45) is 11.8 Å². The summed E-state index contributed by atoms with van der Waals surface area (Å²) in [6.07, 6.45) is -0.578. The van der Waals surface area contributed by atoms with E-state index in [0.717, 1.165) is 0 Å². The highest BCUT2D eigenvalue weighted by molar-refractivity contribution is 5.81. The van der Waals surface area contributed by atoms with Gasteiger partial charge in [0.15, 0.2) is 0 Å². The first kappa shape index (κ1) is 15.7. The van der Waals surface area contributed by atoms with Gasteiger partial charge >= 0.3 is 12.1 Å². The van der Waals surface area contributed by atoms with Crippen molar-refractivity contribution in [3.63, 3.8) is 0 Å². The molecule has 0 heterocycles. The Morgan fingerprint density at radius 3 is 2.12 bits per heavy atom. The fourth-order valence-corrected chi connectivity index (χ4v) is 1.14. The van der Waals surface area contributed by atoms with Gasteiger partial charge in [0.25, 0.3) is 0 Å². The summed E-state index contributed by atoms with van der Waals surface area (Å²) in [5.74, 6) is -0.203. The third kappa shape index (κ3) is 6.81. The fourth-order valence-electron chi connectivity index (χ4n) is 1.14. The van der Waals surface area contributed by atoms with Crippen molar-refractivity contribution in [3.8, 4) is 0 Å². The second-order valence-electron chi connectivity index (χ2n) is 4.61. The monoisotopic (exact) mass is 245 g/mol. The van der Waals surface area contributed by atoms with Gasteiger partial charge in [0, 0.05) is 0 Å². The number of amides is 1. The van der Waals surface area contributed by atoms with E-state index in [2.05, 4.69) is 5.32 Å². The summed E-state index contributed by atoms with van der Waals surface area (Å²) >= 11 is 0. The molecular weight excluding hydrogens is 222 g/mol. The molecule has 0 aliphatic rings. The molecule has 0 rings (SSSR count). The topological polar surface area (TPSA) is 64.6 Å². The summed E-state index contributed by atoms with van der Waals surface area (Å²) in [7, 11) is 0. The van der Waals surface area contributed by atoms with E-state index >= 15 is 0 Å². The number of rotatable bonds is 6. The number of nitrogens with one attached hydrogen (secondary N) is 1. The van der Waals surface area contributed by atoms with Gasteiger partial charge < -0.3 is 14.8 Å². The van der Waals surface area contributed by atoms with Gasteiger partial charge in [-0.15, -0.1) is 0 Å². The molecule has 0 unspecified atom stereocenters. The summed E-state index contributed by atoms with van der Waals surface area (Å²) < 4.78 is 9.84. The fraction of sp³-hybridized carbons (Fsp3) is 0.833. The lowest BCUT2D eigenvalue weighted by molar-refractivity contribution is -0.146. The van der Waals surface area contributed by atoms with Crippen LogP contribution in [0.5, 0.6) is 0 Å². The smallest absolute Gasteiger partial charge is 0.407 e. The average Bonchev–Trinajstić information content (AvgIpc) is 2.22. The van der Waals surface area contributed by atoms with Crippen molar-refractivity contribution in [2.45, 2.75) is 40.7 Å². The normalized spacial score (nSPS) is 12.4. The molecule has 0 aliphatic heterocycles. The SMILES string of the molecule is CCOC(=O)[C@@H](NC(=O)OCC(C)C)C(C)C. The van der Waals surface area contributed by atoms with Gasteiger partial charge in [-0.2, -0.15) is 0 Å². The largest absolute Gasteiger partial charge is 0.464 e. The molecule has 0 aliphatic carbocycles. The van der Waals surface area contributed by atoms with Gasteiger partial charge in [0.05, 0.1) is 13.2 Å². The number of esters is 1. The van der Waals surface area contributed by atoms with Crippen LogP contribution in [0.25, 0.3) is 0 Å². The maximum Gasteiger partial charge on any atom is 0.407 e. The van der Waals surface area contributed by atoms with E-state index in [1.807, 2.05) is 27.7 Å². The molecule has 0 saturated carbocycles. The Kier molecular flexibility index (Phi) is 7.34. The Morgan fingerprint density at radius 1 is 1.12 bits per heavy atom. The number of carbonyl (C=O) groups excluding carboxylic acids is 2. The van der Waals surface area contributed by atoms with Crippen molar-refractivity contribution in [1.29, 1.82) is 0 Å². The Hall–Kier alpha value is -1.26. The van der Waals surface area contributed by atoms with Crippen molar-refractivity contribution in [3.05, 3.63) is 0 Å². The second kappa shape index (κ2) is 7.92. The van der Waals surface area contributed by atoms with Gasteiger partial charge in [-0.25, -0.2) is 9.59 Å². The number of alkyl carbamates (subject to hydrolysis) is 1. The molecule has 17 heavy (non-hydrogen) atoms. The molecule has 1 N–H and O–H groups in total. The van der Waals surface area contributed by atoms with E-state index in [1.165, 1.54) is 0 Å². The maximum absolute atomic E-state index is 11.6. The van der Waals surface area contributed by atoms with Crippen LogP contribution < -0.4 is 5.32 Å². The molecule has 0 aromatic heterocycles. The molecule has 5 nitrogen and oxygen atoms in total. The van der Waals surface area contributed by atoms with Gasteiger partial charge in [-0.05, 0) is 18.8 Å². The van der Waals surface area contributed by atoms with Gasteiger partial charge in [0.2, 0.25) is 0 Å². The summed E-state index contributed by atoms with van der Waals surface area (Å²) in [5.41, 5.74) is 0. The van der Waals surface area contributed by atoms with Crippen LogP contribution in [0.15, 0.2) is 0 Å². The Bertz CT molecular complexity index is 251. The lowest BCUT2D eigenvalue weighted by Gasteiger charge is -2.20. The minimum absolute atomic E-state index is 0.0411. The lowest BCUT2D eigenvalue weighted by Crippen LogP contribution is -2.45. The van der Waals surface area contributed by atoms with Crippen molar-refractivity contribution in [1.82, 2.24) is 5.32 Å². The summed E-state index contributed by atoms with van der Waals surface area (Å²) in [4.78, 5) is 23.0. The van der Waals surface area contributed by atoms with Gasteiger partial charge in [-0.3, -0.25) is 0 Å². The highest BCUT2D eigenvalue weighted by Crippen LogP contribution is 2.05. The first-order valence-corrected chi connectivity index (χ1v) is 5.98. The predicted octanol–water partition coefficient (Wildman–Crippen LogP) is 1.96. The number of carbonyl (C=O) groups is 2. The number of hydrogen-bond donors (Lipinski definition) is 1. The van der Waals surface area contributed by atoms with Crippen LogP contribution in [-0.2, 0) is 14.3 Å². The van der Waals surface area contributed by atoms with E-state index in [0.29, 0.717) is 13.2 Å². The van der Waals surface area contributed by atoms with E-state index < -0.39 is 18.1 Å². The van der Waals surface area contributed by atoms with E-state index in [4.69, 9.17) is 9.47 Å². The second-order valence-corrected chi connectivity index (χ2v) is 4.61. The third-order valence-corrected chi connectivity index (χ3v) is 2.03. The molecule has 1 atom stereocenters. The van der Waals surface area contributed by atoms with Crippen LogP contribution >= 0.6 is 0 Å². The first-order valence-electron chi connectivity index (χ1n) is 5.98. The zero-order valence-corrected chi connectivity index (χ0v) is 11.3. The number of ether oxygens (including phenoxy) is 2. The predicted molar refractivity (Wildman–Crippen MR) is 64.6 cm³/mol. The zero-order valence-electron chi connectivity index (χ0n) is 11.3. The molecule has 0 fully saturated rings. The molecule has 0 spiro atoms. The van der Waals surface area contributed by atoms with Crippen LogP contribution in [0, 0.1) is 11.8 Å². The molecular formula is C12H23NO4. The summed E-state index contributed by atoms with van der Waals surface area (Å²) in [5, 5.41) is 2.52. The molecule has 0 aromatic carbocycles. The minimum Gasteiger partial charge on any atom is -0.464 e. The van der Waals surface area contributed by atoms with Gasteiger partial charge in [0.1, 0.15) is 6.04 Å². The third-order valence-electron chi connectivity index (χ3n) is 2.03. The van der Waals surface area contributed by atoms with Crippen LogP contribution in [0.3, 0.4) is 0 Å². The standard InChI is InChI=1S/C12H23NO4/c1-6-16-11(14)10(9(4)5)13-12(15)17-7-8(2)3/h8-10H,6-7H2,1-5H3,(H,13,15)/t10-/m0/s1. The highest BCUT2D eigenvalue weighted by Gasteiger charge is 2.25. The quantitative estimate of drug-likeness (QED) is 0.726. The van der Waals surface area contributed by atoms with E-state index in [9.17, 15) is 9.59 Å². The Balaban J connectivity index is 4.25. The molecule has 100 valence electrons. The summed E-state index contributed by atoms with van der Waals surface area (Å²) in [6, 6.07) is -0.658. The summed E-state index contributed by atoms with van der Waals surface area (Å²) in [6.45, 7) is 9.92. The zero-order chi connectivity index (χ0) is 13.4. The van der Waals surface area contributed by atoms with Crippen molar-refractivity contribution in [2.75, 3.05) is 13.2 Å². The molecule has 0 saturated heterocycles. The van der Waals surface area contributed by atoms with Crippen LogP contribution in [0.4, 0.5) is 4.79 Å². The van der Waals surface area contributed by atoms with Crippen molar-refractivity contribution >= 4 is 12.1 Å². The van der Waals surface area contributed by atoms with E-state index in [-0.39, 0.29) is 11.8 Å². The molecule has 5 heteroatoms. The van der Waals surface area contributed by atoms with Crippen LogP contribution in [-0.4, -0.2) is 31.3 Å². The Labute approximate surface area is 103 Å².